The average Bonchev–Trinajstić information content (AvgIpc) is 0.740. The predicted octanol–water partition coefficient (Wildman–Crippen LogP) is 26.3. The molecule has 508 valence electrons. The van der Waals surface area contributed by atoms with Crippen LogP contribution in [0.5, 0.6) is 0 Å². The van der Waals surface area contributed by atoms with Crippen molar-refractivity contribution in [3.63, 3.8) is 0 Å². The average molecular weight is 1400 g/mol. The van der Waals surface area contributed by atoms with E-state index < -0.39 is 0 Å². The SMILES string of the molecule is c1ccc2c(c1)cc(-c1ccc3cc(-c4ccc5ccc(-c6ccc(-c7ccc8ccc9cccnc9c8n7)cc6)nc5c4)ccc3n1)c1ccccc12.c1cnc2c(c1)ccc1ccc(-c3ccc(-c4ccc5ccc(-c6ccc7nc(-c8ccc9ccc%10cccc%11ccc8c9c%10%11)ccc7c6)cc5n4)cc3)nc12. The molecule has 8 heterocycles. The van der Waals surface area contributed by atoms with Gasteiger partial charge in [-0.2, -0.15) is 0 Å². The Bertz CT molecular complexity index is 7710. The number of aromatic nitrogens is 8. The van der Waals surface area contributed by atoms with Crippen molar-refractivity contribution in [2.75, 3.05) is 0 Å². The molecule has 15 aromatic carbocycles. The van der Waals surface area contributed by atoms with Gasteiger partial charge >= 0.3 is 0 Å². The van der Waals surface area contributed by atoms with Crippen molar-refractivity contribution in [1.82, 2.24) is 39.9 Å². The fourth-order valence-electron chi connectivity index (χ4n) is 16.4. The van der Waals surface area contributed by atoms with Crippen LogP contribution in [0, 0.1) is 0 Å². The molecule has 0 saturated heterocycles. The van der Waals surface area contributed by atoms with Gasteiger partial charge in [-0.15, -0.1) is 0 Å². The molecule has 0 bridgehead atoms. The highest BCUT2D eigenvalue weighted by Crippen LogP contribution is 2.42. The Kier molecular flexibility index (Phi) is 14.5. The monoisotopic (exact) mass is 1400 g/mol. The first-order valence-corrected chi connectivity index (χ1v) is 37.1. The van der Waals surface area contributed by atoms with E-state index in [0.29, 0.717) is 0 Å². The zero-order valence-electron chi connectivity index (χ0n) is 59.2. The van der Waals surface area contributed by atoms with Crippen LogP contribution < -0.4 is 0 Å². The van der Waals surface area contributed by atoms with Crippen LogP contribution in [0.4, 0.5) is 0 Å². The lowest BCUT2D eigenvalue weighted by Crippen LogP contribution is -1.90. The van der Waals surface area contributed by atoms with Crippen molar-refractivity contribution in [3.05, 3.63) is 364 Å². The quantitative estimate of drug-likeness (QED) is 0.139. The number of hydrogen-bond acceptors (Lipinski definition) is 8. The fraction of sp³-hybridized carbons (Fsp3) is 0. The molecule has 0 fully saturated rings. The minimum absolute atomic E-state index is 0.920. The highest BCUT2D eigenvalue weighted by atomic mass is 14.8. The van der Waals surface area contributed by atoms with Crippen LogP contribution >= 0.6 is 0 Å². The van der Waals surface area contributed by atoms with Crippen molar-refractivity contribution >= 4 is 141 Å². The second kappa shape index (κ2) is 25.4. The molecule has 0 aliphatic carbocycles. The Hall–Kier alpha value is -14.9. The largest absolute Gasteiger partial charge is 0.254 e. The van der Waals surface area contributed by atoms with Gasteiger partial charge in [0.05, 0.1) is 78.3 Å². The second-order valence-corrected chi connectivity index (χ2v) is 28.5. The van der Waals surface area contributed by atoms with E-state index in [2.05, 4.69) is 350 Å². The molecule has 0 saturated carbocycles. The van der Waals surface area contributed by atoms with Crippen LogP contribution in [0.1, 0.15) is 0 Å². The molecule has 0 atom stereocenters. The van der Waals surface area contributed by atoms with Crippen LogP contribution in [0.25, 0.3) is 231 Å². The fourth-order valence-corrected chi connectivity index (χ4v) is 16.4. The Labute approximate surface area is 631 Å². The highest BCUT2D eigenvalue weighted by Gasteiger charge is 2.18. The summed E-state index contributed by atoms with van der Waals surface area (Å²) in [4.78, 5) is 39.9. The number of benzene rings is 15. The Morgan fingerprint density at radius 1 is 0.155 bits per heavy atom. The lowest BCUT2D eigenvalue weighted by atomic mass is 9.91. The smallest absolute Gasteiger partial charge is 0.0972 e. The van der Waals surface area contributed by atoms with Gasteiger partial charge in [0.1, 0.15) is 0 Å². The van der Waals surface area contributed by atoms with Crippen LogP contribution in [-0.2, 0) is 0 Å². The standard InChI is InChI=1S/C52H30N4.C50H30N4/c1-3-34-11-12-36-16-22-42(43-23-17-35(4-1)49(34)50(36)43)47-27-21-41-29-39(20-26-46(41)54-47)40-15-10-33-18-24-44(55-48(33)30-40)31-6-8-32(9-7-31)45-25-19-38-14-13-37-5-2-28-53-51(37)52(38)56-45;1-2-8-40-38(6-1)29-43(42-10-4-3-9-41(40)42)47-26-22-39-28-36(21-25-46(39)52-47)37-18-15-33-19-23-44(53-48(33)30-37)31-11-13-32(14-12-31)45-24-20-35-17-16-34-7-5-27-51-49(34)50(35)54-45/h1-30H;1-30H. The first-order chi connectivity index (χ1) is 54.4. The first-order valence-electron chi connectivity index (χ1n) is 37.1. The summed E-state index contributed by atoms with van der Waals surface area (Å²) in [5, 5.41) is 21.4. The summed E-state index contributed by atoms with van der Waals surface area (Å²) in [6.07, 6.45) is 3.65. The molecule has 0 aliphatic rings. The summed E-state index contributed by atoms with van der Waals surface area (Å²) in [6.45, 7) is 0. The summed E-state index contributed by atoms with van der Waals surface area (Å²) in [7, 11) is 0. The maximum Gasteiger partial charge on any atom is 0.0972 e. The second-order valence-electron chi connectivity index (χ2n) is 28.5. The first kappa shape index (κ1) is 62.5. The van der Waals surface area contributed by atoms with E-state index in [1.807, 2.05) is 24.5 Å². The lowest BCUT2D eigenvalue weighted by Gasteiger charge is -2.14. The van der Waals surface area contributed by atoms with Crippen molar-refractivity contribution in [2.24, 2.45) is 0 Å². The van der Waals surface area contributed by atoms with Crippen LogP contribution in [-0.4, -0.2) is 39.9 Å². The molecule has 23 rings (SSSR count). The van der Waals surface area contributed by atoms with Gasteiger partial charge in [0, 0.05) is 88.9 Å². The number of rotatable bonds is 8. The predicted molar refractivity (Wildman–Crippen MR) is 457 cm³/mol. The van der Waals surface area contributed by atoms with Crippen molar-refractivity contribution < 1.29 is 0 Å². The van der Waals surface area contributed by atoms with Crippen LogP contribution in [0.3, 0.4) is 0 Å². The lowest BCUT2D eigenvalue weighted by molar-refractivity contribution is 1.36. The molecule has 8 aromatic heterocycles. The van der Waals surface area contributed by atoms with Crippen LogP contribution in [0.2, 0.25) is 0 Å². The molecule has 8 heteroatoms. The van der Waals surface area contributed by atoms with E-state index in [-0.39, 0.29) is 0 Å². The summed E-state index contributed by atoms with van der Waals surface area (Å²) in [5.41, 5.74) is 24.3. The third-order valence-corrected chi connectivity index (χ3v) is 22.1. The molecule has 0 aliphatic heterocycles. The minimum atomic E-state index is 0.920. The van der Waals surface area contributed by atoms with Gasteiger partial charge in [0.25, 0.3) is 0 Å². The number of fused-ring (bicyclic) bond motifs is 13. The Balaban J connectivity index is 0.000000136. The van der Waals surface area contributed by atoms with E-state index >= 15 is 0 Å². The van der Waals surface area contributed by atoms with E-state index in [1.165, 1.54) is 53.9 Å². The molecular formula is C102H60N8. The van der Waals surface area contributed by atoms with Gasteiger partial charge < -0.3 is 0 Å². The van der Waals surface area contributed by atoms with Crippen molar-refractivity contribution in [3.8, 4) is 89.8 Å². The van der Waals surface area contributed by atoms with Gasteiger partial charge in [0.2, 0.25) is 0 Å². The molecule has 0 N–H and O–H groups in total. The molecule has 0 amide bonds. The third kappa shape index (κ3) is 10.8. The van der Waals surface area contributed by atoms with Gasteiger partial charge in [-0.1, -0.05) is 261 Å². The number of pyridine rings is 8. The summed E-state index contributed by atoms with van der Waals surface area (Å²) < 4.78 is 0. The van der Waals surface area contributed by atoms with Gasteiger partial charge in [-0.05, 0) is 167 Å². The van der Waals surface area contributed by atoms with E-state index in [4.69, 9.17) is 29.9 Å². The van der Waals surface area contributed by atoms with Gasteiger partial charge in [-0.25, -0.2) is 29.9 Å². The topological polar surface area (TPSA) is 103 Å². The van der Waals surface area contributed by atoms with Crippen molar-refractivity contribution in [2.45, 2.75) is 0 Å². The minimum Gasteiger partial charge on any atom is -0.254 e. The third-order valence-electron chi connectivity index (χ3n) is 22.1. The van der Waals surface area contributed by atoms with Crippen LogP contribution in [0.15, 0.2) is 364 Å². The Morgan fingerprint density at radius 3 is 1.05 bits per heavy atom. The molecule has 0 unspecified atom stereocenters. The Morgan fingerprint density at radius 2 is 0.509 bits per heavy atom. The molecule has 8 nitrogen and oxygen atoms in total. The summed E-state index contributed by atoms with van der Waals surface area (Å²) in [5.74, 6) is 0. The summed E-state index contributed by atoms with van der Waals surface area (Å²) in [6, 6.07) is 125. The maximum atomic E-state index is 5.19. The molecule has 23 aromatic rings. The van der Waals surface area contributed by atoms with Gasteiger partial charge in [0.15, 0.2) is 0 Å². The highest BCUT2D eigenvalue weighted by molar-refractivity contribution is 6.25. The molecule has 0 radical (unpaired) electrons. The normalized spacial score (nSPS) is 11.8. The van der Waals surface area contributed by atoms with Gasteiger partial charge in [-0.3, -0.25) is 9.97 Å². The maximum absolute atomic E-state index is 5.19. The van der Waals surface area contributed by atoms with E-state index in [0.717, 1.165) is 177 Å². The molecule has 110 heavy (non-hydrogen) atoms. The zero-order valence-corrected chi connectivity index (χ0v) is 59.2. The zero-order chi connectivity index (χ0) is 72.3. The summed E-state index contributed by atoms with van der Waals surface area (Å²) >= 11 is 0. The van der Waals surface area contributed by atoms with E-state index in [1.54, 1.807) is 0 Å². The van der Waals surface area contributed by atoms with Crippen molar-refractivity contribution in [1.29, 1.82) is 0 Å². The number of hydrogen-bond donors (Lipinski definition) is 0. The molecular weight excluding hydrogens is 1340 g/mol. The van der Waals surface area contributed by atoms with E-state index in [9.17, 15) is 0 Å². The molecule has 0 spiro atoms. The number of nitrogens with zero attached hydrogens (tertiary/aromatic N) is 8.